The summed E-state index contributed by atoms with van der Waals surface area (Å²) in [7, 11) is 0. The fourth-order valence-corrected chi connectivity index (χ4v) is 5.73. The van der Waals surface area contributed by atoms with Crippen molar-refractivity contribution in [3.63, 3.8) is 0 Å². The molecule has 0 unspecified atom stereocenters. The molecule has 0 fully saturated rings. The number of aryl methyl sites for hydroxylation is 4. The van der Waals surface area contributed by atoms with Crippen molar-refractivity contribution in [2.45, 2.75) is 27.7 Å². The van der Waals surface area contributed by atoms with Gasteiger partial charge in [0.25, 0.3) is 0 Å². The molecule has 0 aliphatic rings. The third-order valence-corrected chi connectivity index (χ3v) is 7.10. The maximum absolute atomic E-state index is 2.32. The van der Waals surface area contributed by atoms with Crippen LogP contribution in [0.4, 0.5) is 0 Å². The van der Waals surface area contributed by atoms with E-state index in [4.69, 9.17) is 0 Å². The zero-order valence-electron chi connectivity index (χ0n) is 13.3. The first-order valence-electron chi connectivity index (χ1n) is 7.54. The van der Waals surface area contributed by atoms with E-state index in [0.29, 0.717) is 0 Å². The lowest BCUT2D eigenvalue weighted by Gasteiger charge is -1.99. The van der Waals surface area contributed by atoms with Gasteiger partial charge in [0.2, 0.25) is 0 Å². The number of hydrogen-bond acceptors (Lipinski definition) is 2. The minimum atomic E-state index is 1.34. The van der Waals surface area contributed by atoms with E-state index in [1.165, 1.54) is 52.2 Å². The molecule has 2 aromatic carbocycles. The van der Waals surface area contributed by atoms with Crippen LogP contribution in [0.1, 0.15) is 22.3 Å². The van der Waals surface area contributed by atoms with Crippen LogP contribution >= 0.6 is 22.7 Å². The van der Waals surface area contributed by atoms with E-state index in [9.17, 15) is 0 Å². The summed E-state index contributed by atoms with van der Waals surface area (Å²) in [6.45, 7) is 8.87. The predicted octanol–water partition coefficient (Wildman–Crippen LogP) is 7.02. The summed E-state index contributed by atoms with van der Waals surface area (Å²) < 4.78 is 2.79. The van der Waals surface area contributed by atoms with E-state index in [1.807, 2.05) is 22.7 Å². The van der Waals surface area contributed by atoms with E-state index in [-0.39, 0.29) is 0 Å². The van der Waals surface area contributed by atoms with Crippen molar-refractivity contribution in [3.8, 4) is 9.75 Å². The summed E-state index contributed by atoms with van der Waals surface area (Å²) in [5.41, 5.74) is 5.53. The third kappa shape index (κ3) is 2.02. The zero-order chi connectivity index (χ0) is 15.4. The fraction of sp³-hybridized carbons (Fsp3) is 0.200. The Kier molecular flexibility index (Phi) is 3.14. The van der Waals surface area contributed by atoms with Crippen molar-refractivity contribution >= 4 is 42.8 Å². The second-order valence-electron chi connectivity index (χ2n) is 6.11. The highest BCUT2D eigenvalue weighted by Crippen LogP contribution is 2.45. The first kappa shape index (κ1) is 14.0. The number of thiophene rings is 2. The van der Waals surface area contributed by atoms with Crippen LogP contribution in [-0.2, 0) is 0 Å². The van der Waals surface area contributed by atoms with E-state index >= 15 is 0 Å². The number of benzene rings is 2. The lowest BCUT2D eigenvalue weighted by molar-refractivity contribution is 1.49. The average molecular weight is 322 g/mol. The van der Waals surface area contributed by atoms with Crippen LogP contribution in [0.2, 0.25) is 0 Å². The topological polar surface area (TPSA) is 0 Å². The van der Waals surface area contributed by atoms with Gasteiger partial charge in [0, 0.05) is 19.2 Å². The van der Waals surface area contributed by atoms with Gasteiger partial charge in [-0.15, -0.1) is 22.7 Å². The molecule has 0 saturated carbocycles. The summed E-state index contributed by atoms with van der Waals surface area (Å²) in [5.74, 6) is 0. The number of rotatable bonds is 1. The molecule has 0 aliphatic heterocycles. The van der Waals surface area contributed by atoms with Crippen molar-refractivity contribution in [2.24, 2.45) is 0 Å². The molecular weight excluding hydrogens is 304 g/mol. The van der Waals surface area contributed by atoms with Crippen LogP contribution in [0.15, 0.2) is 36.4 Å². The molecule has 2 heteroatoms. The average Bonchev–Trinajstić information content (AvgIpc) is 2.98. The van der Waals surface area contributed by atoms with Gasteiger partial charge in [0.15, 0.2) is 0 Å². The highest BCUT2D eigenvalue weighted by molar-refractivity contribution is 7.28. The van der Waals surface area contributed by atoms with Gasteiger partial charge in [-0.25, -0.2) is 0 Å². The Morgan fingerprint density at radius 1 is 0.591 bits per heavy atom. The molecule has 0 bridgehead atoms. The van der Waals surface area contributed by atoms with Gasteiger partial charge in [-0.1, -0.05) is 35.4 Å². The van der Waals surface area contributed by atoms with Crippen LogP contribution in [0.5, 0.6) is 0 Å². The summed E-state index contributed by atoms with van der Waals surface area (Å²) in [6, 6.07) is 13.6. The Bertz CT molecular complexity index is 931. The summed E-state index contributed by atoms with van der Waals surface area (Å²) in [5, 5.41) is 2.82. The molecule has 110 valence electrons. The smallest absolute Gasteiger partial charge is 0.0487 e. The molecule has 0 atom stereocenters. The van der Waals surface area contributed by atoms with Crippen molar-refractivity contribution < 1.29 is 0 Å². The molecule has 0 amide bonds. The zero-order valence-corrected chi connectivity index (χ0v) is 14.9. The molecule has 2 heterocycles. The van der Waals surface area contributed by atoms with Gasteiger partial charge in [0.1, 0.15) is 0 Å². The Labute approximate surface area is 139 Å². The van der Waals surface area contributed by atoms with Crippen LogP contribution in [0.25, 0.3) is 29.9 Å². The van der Waals surface area contributed by atoms with Crippen LogP contribution in [0, 0.1) is 27.7 Å². The second-order valence-corrected chi connectivity index (χ2v) is 8.22. The molecule has 4 rings (SSSR count). The fourth-order valence-electron chi connectivity index (χ4n) is 3.10. The van der Waals surface area contributed by atoms with E-state index in [0.717, 1.165) is 0 Å². The van der Waals surface area contributed by atoms with Crippen molar-refractivity contribution in [1.82, 2.24) is 0 Å². The van der Waals surface area contributed by atoms with Crippen LogP contribution < -0.4 is 0 Å². The minimum Gasteiger partial charge on any atom is -0.134 e. The van der Waals surface area contributed by atoms with Gasteiger partial charge >= 0.3 is 0 Å². The Morgan fingerprint density at radius 3 is 1.41 bits per heavy atom. The maximum Gasteiger partial charge on any atom is 0.0487 e. The first-order valence-corrected chi connectivity index (χ1v) is 9.18. The second kappa shape index (κ2) is 4.94. The summed E-state index contributed by atoms with van der Waals surface area (Å²) in [4.78, 5) is 2.88. The lowest BCUT2D eigenvalue weighted by atomic mass is 10.1. The Hall–Kier alpha value is -1.64. The van der Waals surface area contributed by atoms with Crippen molar-refractivity contribution in [2.75, 3.05) is 0 Å². The molecular formula is C20H18S2. The molecule has 0 radical (unpaired) electrons. The summed E-state index contributed by atoms with van der Waals surface area (Å²) >= 11 is 3.86. The van der Waals surface area contributed by atoms with Gasteiger partial charge in [-0.05, 0) is 61.7 Å². The Balaban J connectivity index is 2.03. The molecule has 0 N–H and O–H groups in total. The SMILES string of the molecule is Cc1ccc2sc(-c3sc4ccc(C)cc4c3C)c(C)c2c1. The van der Waals surface area contributed by atoms with Gasteiger partial charge in [-0.2, -0.15) is 0 Å². The highest BCUT2D eigenvalue weighted by Gasteiger charge is 2.16. The van der Waals surface area contributed by atoms with Gasteiger partial charge in [0.05, 0.1) is 0 Å². The Morgan fingerprint density at radius 2 is 1.00 bits per heavy atom. The largest absolute Gasteiger partial charge is 0.134 e. The first-order chi connectivity index (χ1) is 10.5. The molecule has 4 aromatic rings. The van der Waals surface area contributed by atoms with Crippen molar-refractivity contribution in [1.29, 1.82) is 0 Å². The highest BCUT2D eigenvalue weighted by atomic mass is 32.1. The molecule has 0 saturated heterocycles. The number of hydrogen-bond donors (Lipinski definition) is 0. The molecule has 0 nitrogen and oxygen atoms in total. The van der Waals surface area contributed by atoms with Crippen LogP contribution in [-0.4, -0.2) is 0 Å². The molecule has 2 aromatic heterocycles. The van der Waals surface area contributed by atoms with E-state index in [1.54, 1.807) is 0 Å². The maximum atomic E-state index is 2.32. The summed E-state index contributed by atoms with van der Waals surface area (Å²) in [6.07, 6.45) is 0. The third-order valence-electron chi connectivity index (χ3n) is 4.39. The predicted molar refractivity (Wildman–Crippen MR) is 102 cm³/mol. The number of fused-ring (bicyclic) bond motifs is 2. The van der Waals surface area contributed by atoms with E-state index < -0.39 is 0 Å². The van der Waals surface area contributed by atoms with Crippen LogP contribution in [0.3, 0.4) is 0 Å². The van der Waals surface area contributed by atoms with Crippen molar-refractivity contribution in [3.05, 3.63) is 58.7 Å². The molecule has 0 aliphatic carbocycles. The minimum absolute atomic E-state index is 1.34. The quantitative estimate of drug-likeness (QED) is 0.353. The normalized spacial score (nSPS) is 11.6. The van der Waals surface area contributed by atoms with Gasteiger partial charge < -0.3 is 0 Å². The van der Waals surface area contributed by atoms with E-state index in [2.05, 4.69) is 64.1 Å². The monoisotopic (exact) mass is 322 g/mol. The van der Waals surface area contributed by atoms with Gasteiger partial charge in [-0.3, -0.25) is 0 Å². The standard InChI is InChI=1S/C20H18S2/c1-11-5-7-17-15(9-11)13(3)19(21-17)20-14(4)16-10-12(2)6-8-18(16)22-20/h5-10H,1-4H3. The molecule has 22 heavy (non-hydrogen) atoms. The molecule has 0 spiro atoms. The lowest BCUT2D eigenvalue weighted by Crippen LogP contribution is -1.77.